The first-order valence-corrected chi connectivity index (χ1v) is 8.44. The maximum atomic E-state index is 5.37. The average molecular weight is 417 g/mol. The molecular weight excluding hydrogens is 400 g/mol. The summed E-state index contributed by atoms with van der Waals surface area (Å²) in [5, 5.41) is 6.19. The number of anilines is 2. The molecular formula is C18H17BrN4OS. The van der Waals surface area contributed by atoms with Gasteiger partial charge in [0.1, 0.15) is 17.1 Å². The van der Waals surface area contributed by atoms with Gasteiger partial charge in [0.15, 0.2) is 5.13 Å². The number of benzene rings is 1. The van der Waals surface area contributed by atoms with Gasteiger partial charge in [0.2, 0.25) is 0 Å². The van der Waals surface area contributed by atoms with E-state index in [1.165, 1.54) is 0 Å². The van der Waals surface area contributed by atoms with E-state index in [0.717, 1.165) is 39.3 Å². The minimum atomic E-state index is 0. The molecule has 4 aromatic rings. The highest BCUT2D eigenvalue weighted by atomic mass is 79.9. The molecule has 0 atom stereocenters. The molecule has 0 radical (unpaired) electrons. The third kappa shape index (κ3) is 3.25. The number of pyridine rings is 1. The summed E-state index contributed by atoms with van der Waals surface area (Å²) in [6, 6.07) is 13.8. The monoisotopic (exact) mass is 416 g/mol. The zero-order valence-corrected chi connectivity index (χ0v) is 16.3. The van der Waals surface area contributed by atoms with E-state index in [4.69, 9.17) is 9.72 Å². The van der Waals surface area contributed by atoms with Crippen molar-refractivity contribution < 1.29 is 4.74 Å². The molecule has 0 fully saturated rings. The number of methoxy groups -OCH3 is 1. The fraction of sp³-hybridized carbons (Fsp3) is 0.111. The van der Waals surface area contributed by atoms with E-state index in [1.54, 1.807) is 18.4 Å². The molecule has 7 heteroatoms. The lowest BCUT2D eigenvalue weighted by Gasteiger charge is -2.08. The van der Waals surface area contributed by atoms with E-state index in [-0.39, 0.29) is 17.0 Å². The van der Waals surface area contributed by atoms with Gasteiger partial charge < -0.3 is 10.1 Å². The quantitative estimate of drug-likeness (QED) is 0.502. The van der Waals surface area contributed by atoms with Gasteiger partial charge in [-0.15, -0.1) is 28.3 Å². The maximum Gasteiger partial charge on any atom is 0.187 e. The molecule has 3 heterocycles. The molecule has 0 saturated carbocycles. The van der Waals surface area contributed by atoms with E-state index in [2.05, 4.69) is 14.7 Å². The van der Waals surface area contributed by atoms with E-state index in [1.807, 2.05) is 61.0 Å². The fourth-order valence-corrected chi connectivity index (χ4v) is 3.43. The van der Waals surface area contributed by atoms with Gasteiger partial charge in [-0.3, -0.25) is 4.40 Å². The first-order chi connectivity index (χ1) is 11.8. The van der Waals surface area contributed by atoms with Crippen molar-refractivity contribution in [1.29, 1.82) is 0 Å². The van der Waals surface area contributed by atoms with Crippen LogP contribution in [0.1, 0.15) is 5.69 Å². The SMILES string of the molecule is Br.COc1ccccc1Nc1nc(-c2c(C)nc3ccccn23)cs1. The Labute approximate surface area is 160 Å². The van der Waals surface area contributed by atoms with Gasteiger partial charge in [-0.2, -0.15) is 0 Å². The minimum absolute atomic E-state index is 0. The van der Waals surface area contributed by atoms with E-state index < -0.39 is 0 Å². The van der Waals surface area contributed by atoms with Crippen LogP contribution in [-0.2, 0) is 0 Å². The van der Waals surface area contributed by atoms with Crippen LogP contribution in [0.4, 0.5) is 10.8 Å². The number of thiazole rings is 1. The smallest absolute Gasteiger partial charge is 0.187 e. The molecule has 4 rings (SSSR count). The molecule has 0 aliphatic heterocycles. The fourth-order valence-electron chi connectivity index (χ4n) is 2.73. The van der Waals surface area contributed by atoms with Crippen LogP contribution in [0.15, 0.2) is 54.0 Å². The van der Waals surface area contributed by atoms with Crippen LogP contribution in [0.2, 0.25) is 0 Å². The summed E-state index contributed by atoms with van der Waals surface area (Å²) in [5.41, 5.74) is 4.73. The Bertz CT molecular complexity index is 1010. The van der Waals surface area contributed by atoms with Gasteiger partial charge in [-0.1, -0.05) is 18.2 Å². The van der Waals surface area contributed by atoms with Gasteiger partial charge in [-0.25, -0.2) is 9.97 Å². The standard InChI is InChI=1S/C18H16N4OS.BrH/c1-12-17(22-10-6-5-9-16(22)19-12)14-11-24-18(21-14)20-13-7-3-4-8-15(13)23-2;/h3-11H,1-2H3,(H,20,21);1H. The normalized spacial score (nSPS) is 10.5. The Kier molecular flexibility index (Phi) is 5.06. The van der Waals surface area contributed by atoms with Crippen molar-refractivity contribution in [3.05, 3.63) is 59.7 Å². The van der Waals surface area contributed by atoms with Gasteiger partial charge >= 0.3 is 0 Å². The van der Waals surface area contributed by atoms with Crippen LogP contribution in [0, 0.1) is 6.92 Å². The molecule has 0 amide bonds. The lowest BCUT2D eigenvalue weighted by Crippen LogP contribution is -1.94. The predicted octanol–water partition coefficient (Wildman–Crippen LogP) is 5.10. The van der Waals surface area contributed by atoms with Crippen molar-refractivity contribution in [3.63, 3.8) is 0 Å². The predicted molar refractivity (Wildman–Crippen MR) is 108 cm³/mol. The lowest BCUT2D eigenvalue weighted by atomic mass is 10.3. The van der Waals surface area contributed by atoms with Crippen molar-refractivity contribution in [2.75, 3.05) is 12.4 Å². The largest absolute Gasteiger partial charge is 0.495 e. The van der Waals surface area contributed by atoms with Crippen molar-refractivity contribution in [2.24, 2.45) is 0 Å². The molecule has 0 spiro atoms. The topological polar surface area (TPSA) is 51.5 Å². The van der Waals surface area contributed by atoms with Crippen molar-refractivity contribution in [3.8, 4) is 17.1 Å². The molecule has 25 heavy (non-hydrogen) atoms. The summed E-state index contributed by atoms with van der Waals surface area (Å²) in [6.45, 7) is 2.01. The number of nitrogens with one attached hydrogen (secondary N) is 1. The Balaban J connectivity index is 0.00000182. The molecule has 3 aromatic heterocycles. The molecule has 0 aliphatic rings. The Morgan fingerprint density at radius 1 is 1.08 bits per heavy atom. The first kappa shape index (κ1) is 17.4. The second-order valence-electron chi connectivity index (χ2n) is 5.34. The highest BCUT2D eigenvalue weighted by Crippen LogP contribution is 2.32. The second kappa shape index (κ2) is 7.25. The van der Waals surface area contributed by atoms with Gasteiger partial charge in [0.25, 0.3) is 0 Å². The summed E-state index contributed by atoms with van der Waals surface area (Å²) in [5.74, 6) is 0.792. The zero-order chi connectivity index (χ0) is 16.5. The minimum Gasteiger partial charge on any atom is -0.495 e. The van der Waals surface area contributed by atoms with Crippen LogP contribution in [0.25, 0.3) is 17.0 Å². The van der Waals surface area contributed by atoms with Gasteiger partial charge in [-0.05, 0) is 31.2 Å². The van der Waals surface area contributed by atoms with E-state index in [0.29, 0.717) is 0 Å². The Morgan fingerprint density at radius 3 is 2.72 bits per heavy atom. The molecule has 1 N–H and O–H groups in total. The summed E-state index contributed by atoms with van der Waals surface area (Å²) < 4.78 is 7.44. The number of para-hydroxylation sites is 2. The van der Waals surface area contributed by atoms with Crippen molar-refractivity contribution in [1.82, 2.24) is 14.4 Å². The molecule has 0 bridgehead atoms. The molecule has 0 aliphatic carbocycles. The number of halogens is 1. The summed E-state index contributed by atoms with van der Waals surface area (Å²) in [6.07, 6.45) is 2.01. The summed E-state index contributed by atoms with van der Waals surface area (Å²) in [4.78, 5) is 9.32. The first-order valence-electron chi connectivity index (χ1n) is 7.56. The third-order valence-corrected chi connectivity index (χ3v) is 4.56. The number of aryl methyl sites for hydroxylation is 1. The van der Waals surface area contributed by atoms with Crippen LogP contribution in [-0.4, -0.2) is 21.5 Å². The third-order valence-electron chi connectivity index (χ3n) is 3.80. The molecule has 1 aromatic carbocycles. The van der Waals surface area contributed by atoms with Gasteiger partial charge in [0, 0.05) is 11.6 Å². The van der Waals surface area contributed by atoms with Crippen LogP contribution in [0.5, 0.6) is 5.75 Å². The van der Waals surface area contributed by atoms with Crippen molar-refractivity contribution >= 4 is 44.8 Å². The number of imidazole rings is 1. The summed E-state index contributed by atoms with van der Waals surface area (Å²) >= 11 is 1.56. The van der Waals surface area contributed by atoms with Crippen LogP contribution < -0.4 is 10.1 Å². The number of fused-ring (bicyclic) bond motifs is 1. The number of hydrogen-bond acceptors (Lipinski definition) is 5. The Hall–Kier alpha value is -2.38. The second-order valence-corrected chi connectivity index (χ2v) is 6.20. The number of rotatable bonds is 4. The highest BCUT2D eigenvalue weighted by molar-refractivity contribution is 8.93. The van der Waals surface area contributed by atoms with Crippen LogP contribution >= 0.6 is 28.3 Å². The van der Waals surface area contributed by atoms with E-state index in [9.17, 15) is 0 Å². The van der Waals surface area contributed by atoms with Crippen LogP contribution in [0.3, 0.4) is 0 Å². The molecule has 0 saturated heterocycles. The molecule has 0 unspecified atom stereocenters. The number of nitrogens with zero attached hydrogens (tertiary/aromatic N) is 3. The molecule has 128 valence electrons. The van der Waals surface area contributed by atoms with Gasteiger partial charge in [0.05, 0.1) is 24.2 Å². The Morgan fingerprint density at radius 2 is 1.88 bits per heavy atom. The highest BCUT2D eigenvalue weighted by Gasteiger charge is 2.14. The van der Waals surface area contributed by atoms with E-state index >= 15 is 0 Å². The number of ether oxygens (including phenoxy) is 1. The summed E-state index contributed by atoms with van der Waals surface area (Å²) in [7, 11) is 1.66. The molecule has 5 nitrogen and oxygen atoms in total. The van der Waals surface area contributed by atoms with Crippen molar-refractivity contribution in [2.45, 2.75) is 6.92 Å². The average Bonchev–Trinajstić information content (AvgIpc) is 3.18. The lowest BCUT2D eigenvalue weighted by molar-refractivity contribution is 0.417. The zero-order valence-electron chi connectivity index (χ0n) is 13.8. The number of aromatic nitrogens is 3. The maximum absolute atomic E-state index is 5.37. The number of hydrogen-bond donors (Lipinski definition) is 1.